The quantitative estimate of drug-likeness (QED) is 0.262. The van der Waals surface area contributed by atoms with E-state index in [1.807, 2.05) is 39.0 Å². The molecule has 2 rings (SSSR count). The molecule has 0 unspecified atom stereocenters. The number of rotatable bonds is 14. The van der Waals surface area contributed by atoms with Gasteiger partial charge in [-0.25, -0.2) is 0 Å². The van der Waals surface area contributed by atoms with Gasteiger partial charge in [-0.1, -0.05) is 37.0 Å². The summed E-state index contributed by atoms with van der Waals surface area (Å²) in [6, 6.07) is 10.3. The van der Waals surface area contributed by atoms with Gasteiger partial charge in [-0.15, -0.1) is 0 Å². The average molecular weight is 456 g/mol. The second-order valence-electron chi connectivity index (χ2n) is 7.92. The van der Waals surface area contributed by atoms with Crippen molar-refractivity contribution in [1.82, 2.24) is 4.90 Å². The van der Waals surface area contributed by atoms with Gasteiger partial charge >= 0.3 is 0 Å². The van der Waals surface area contributed by atoms with Crippen LogP contribution in [0, 0.1) is 11.8 Å². The van der Waals surface area contributed by atoms with E-state index in [2.05, 4.69) is 58.7 Å². The van der Waals surface area contributed by atoms with Gasteiger partial charge in [0, 0.05) is 19.7 Å². The number of hydrogen-bond acceptors (Lipinski definition) is 5. The van der Waals surface area contributed by atoms with Crippen LogP contribution in [0.25, 0.3) is 11.1 Å². The highest BCUT2D eigenvalue weighted by Crippen LogP contribution is 2.25. The van der Waals surface area contributed by atoms with E-state index >= 15 is 0 Å². The lowest BCUT2D eigenvalue weighted by Gasteiger charge is -2.19. The Bertz CT molecular complexity index is 849. The molecule has 0 saturated heterocycles. The van der Waals surface area contributed by atoms with Gasteiger partial charge in [-0.2, -0.15) is 11.3 Å². The largest absolute Gasteiger partial charge is 0.491 e. The van der Waals surface area contributed by atoms with Crippen molar-refractivity contribution in [2.24, 2.45) is 0 Å². The van der Waals surface area contributed by atoms with E-state index in [0.29, 0.717) is 26.4 Å². The molecule has 0 bridgehead atoms. The van der Waals surface area contributed by atoms with E-state index < -0.39 is 5.60 Å². The van der Waals surface area contributed by atoms with E-state index in [-0.39, 0.29) is 0 Å². The van der Waals surface area contributed by atoms with E-state index in [1.165, 1.54) is 11.1 Å². The second kappa shape index (κ2) is 14.9. The number of allylic oxidation sites excluding steroid dienone is 1. The zero-order chi connectivity index (χ0) is 23.1. The van der Waals surface area contributed by atoms with Crippen LogP contribution < -0.4 is 4.74 Å². The first-order valence-electron chi connectivity index (χ1n) is 11.4. The van der Waals surface area contributed by atoms with Gasteiger partial charge in [0.1, 0.15) is 18.0 Å². The standard InChI is InChI=1S/C27H37NO3S/c1-5-15-28(16-9-7-8-14-27(3,4)31-6-2)17-18-29-19-20-30-26-12-10-11-24(22-26)25-13-21-32-23-25/h7,9-13,21-23H,5-6,15-20H2,1-4H3/b9-7+. The number of ether oxygens (including phenoxy) is 3. The molecule has 1 aromatic heterocycles. The van der Waals surface area contributed by atoms with Gasteiger partial charge in [-0.3, -0.25) is 4.90 Å². The number of hydrogen-bond donors (Lipinski definition) is 0. The Morgan fingerprint density at radius 3 is 2.69 bits per heavy atom. The third-order valence-electron chi connectivity index (χ3n) is 4.72. The minimum atomic E-state index is -0.399. The maximum atomic E-state index is 5.86. The van der Waals surface area contributed by atoms with Gasteiger partial charge in [0.05, 0.1) is 13.2 Å². The summed E-state index contributed by atoms with van der Waals surface area (Å²) in [4.78, 5) is 2.37. The lowest BCUT2D eigenvalue weighted by molar-refractivity contribution is 0.0362. The van der Waals surface area contributed by atoms with Crippen LogP contribution in [0.3, 0.4) is 0 Å². The summed E-state index contributed by atoms with van der Waals surface area (Å²) in [6.45, 7) is 13.4. The molecule has 1 heterocycles. The molecule has 174 valence electrons. The topological polar surface area (TPSA) is 30.9 Å². The van der Waals surface area contributed by atoms with Gasteiger partial charge in [-0.05, 0) is 79.9 Å². The Balaban J connectivity index is 1.65. The van der Waals surface area contributed by atoms with Crippen molar-refractivity contribution in [2.45, 2.75) is 39.7 Å². The van der Waals surface area contributed by atoms with Gasteiger partial charge in [0.25, 0.3) is 0 Å². The van der Waals surface area contributed by atoms with Crippen molar-refractivity contribution >= 4 is 11.3 Å². The molecule has 0 radical (unpaired) electrons. The summed E-state index contributed by atoms with van der Waals surface area (Å²) in [5.74, 6) is 7.11. The van der Waals surface area contributed by atoms with Crippen LogP contribution >= 0.6 is 11.3 Å². The smallest absolute Gasteiger partial charge is 0.123 e. The predicted molar refractivity (Wildman–Crippen MR) is 135 cm³/mol. The molecule has 32 heavy (non-hydrogen) atoms. The monoisotopic (exact) mass is 455 g/mol. The van der Waals surface area contributed by atoms with Crippen LogP contribution in [0.2, 0.25) is 0 Å². The molecule has 0 N–H and O–H groups in total. The van der Waals surface area contributed by atoms with Crippen LogP contribution in [0.5, 0.6) is 5.75 Å². The number of thiophene rings is 1. The molecule has 1 aromatic carbocycles. The molecule has 0 fully saturated rings. The van der Waals surface area contributed by atoms with Crippen molar-refractivity contribution in [3.63, 3.8) is 0 Å². The van der Waals surface area contributed by atoms with Crippen molar-refractivity contribution in [2.75, 3.05) is 46.1 Å². The van der Waals surface area contributed by atoms with E-state index in [4.69, 9.17) is 14.2 Å². The SMILES string of the molecule is CCCN(C/C=C/C#CC(C)(C)OCC)CCOCCOc1cccc(-c2ccsc2)c1. The molecule has 0 spiro atoms. The molecule has 4 nitrogen and oxygen atoms in total. The maximum Gasteiger partial charge on any atom is 0.123 e. The molecule has 2 aromatic rings. The second-order valence-corrected chi connectivity index (χ2v) is 8.70. The van der Waals surface area contributed by atoms with Gasteiger partial charge < -0.3 is 14.2 Å². The van der Waals surface area contributed by atoms with E-state index in [0.717, 1.165) is 31.8 Å². The third kappa shape index (κ3) is 10.5. The summed E-state index contributed by atoms with van der Waals surface area (Å²) in [6.07, 6.45) is 5.14. The molecule has 0 amide bonds. The molecular formula is C27H37NO3S. The Labute approximate surface area is 198 Å². The van der Waals surface area contributed by atoms with Crippen molar-refractivity contribution in [1.29, 1.82) is 0 Å². The molecular weight excluding hydrogens is 418 g/mol. The third-order valence-corrected chi connectivity index (χ3v) is 5.40. The summed E-state index contributed by atoms with van der Waals surface area (Å²) >= 11 is 1.70. The molecule has 0 atom stereocenters. The zero-order valence-corrected chi connectivity index (χ0v) is 20.7. The van der Waals surface area contributed by atoms with E-state index in [1.54, 1.807) is 11.3 Å². The number of nitrogens with zero attached hydrogens (tertiary/aromatic N) is 1. The molecule has 0 aliphatic rings. The first kappa shape index (κ1) is 26.2. The van der Waals surface area contributed by atoms with Crippen LogP contribution in [0.1, 0.15) is 34.1 Å². The van der Waals surface area contributed by atoms with Crippen molar-refractivity contribution in [3.8, 4) is 28.7 Å². The fourth-order valence-corrected chi connectivity index (χ4v) is 3.86. The highest BCUT2D eigenvalue weighted by Gasteiger charge is 2.12. The summed E-state index contributed by atoms with van der Waals surface area (Å²) in [5, 5.41) is 4.23. The summed E-state index contributed by atoms with van der Waals surface area (Å²) in [5.41, 5.74) is 2.01. The first-order chi connectivity index (χ1) is 15.5. The predicted octanol–water partition coefficient (Wildman–Crippen LogP) is 5.90. The number of benzene rings is 1. The van der Waals surface area contributed by atoms with Crippen molar-refractivity contribution in [3.05, 3.63) is 53.2 Å². The Morgan fingerprint density at radius 2 is 1.94 bits per heavy atom. The van der Waals surface area contributed by atoms with Gasteiger partial charge in [0.15, 0.2) is 0 Å². The maximum absolute atomic E-state index is 5.86. The lowest BCUT2D eigenvalue weighted by atomic mass is 10.1. The first-order valence-corrected chi connectivity index (χ1v) is 12.4. The summed E-state index contributed by atoms with van der Waals surface area (Å²) < 4.78 is 17.3. The minimum absolute atomic E-state index is 0.399. The highest BCUT2D eigenvalue weighted by molar-refractivity contribution is 7.08. The molecule has 5 heteroatoms. The Morgan fingerprint density at radius 1 is 1.06 bits per heavy atom. The highest BCUT2D eigenvalue weighted by atomic mass is 32.1. The Kier molecular flexibility index (Phi) is 12.2. The molecule has 0 aliphatic heterocycles. The fourth-order valence-electron chi connectivity index (χ4n) is 3.19. The van der Waals surface area contributed by atoms with Crippen LogP contribution in [-0.2, 0) is 9.47 Å². The van der Waals surface area contributed by atoms with Crippen LogP contribution in [-0.4, -0.2) is 56.6 Å². The zero-order valence-electron chi connectivity index (χ0n) is 19.9. The van der Waals surface area contributed by atoms with Crippen LogP contribution in [0.4, 0.5) is 0 Å². The molecule has 0 saturated carbocycles. The Hall–Kier alpha value is -2.10. The van der Waals surface area contributed by atoms with Gasteiger partial charge in [0.2, 0.25) is 0 Å². The van der Waals surface area contributed by atoms with E-state index in [9.17, 15) is 0 Å². The minimum Gasteiger partial charge on any atom is -0.491 e. The average Bonchev–Trinajstić information content (AvgIpc) is 3.31. The fraction of sp³-hybridized carbons (Fsp3) is 0.481. The molecule has 0 aliphatic carbocycles. The summed E-state index contributed by atoms with van der Waals surface area (Å²) in [7, 11) is 0. The van der Waals surface area contributed by atoms with Crippen LogP contribution in [0.15, 0.2) is 53.2 Å². The normalized spacial score (nSPS) is 11.7. The lowest BCUT2D eigenvalue weighted by Crippen LogP contribution is -2.29. The van der Waals surface area contributed by atoms with Crippen molar-refractivity contribution < 1.29 is 14.2 Å².